The van der Waals surface area contributed by atoms with E-state index in [0.29, 0.717) is 13.1 Å². The second-order valence-electron chi connectivity index (χ2n) is 5.62. The largest absolute Gasteiger partial charge is 0.489 e. The predicted molar refractivity (Wildman–Crippen MR) is 93.0 cm³/mol. The Morgan fingerprint density at radius 3 is 2.78 bits per heavy atom. The summed E-state index contributed by atoms with van der Waals surface area (Å²) >= 11 is 1.57. The molecule has 5 nitrogen and oxygen atoms in total. The van der Waals surface area contributed by atoms with Crippen molar-refractivity contribution >= 4 is 17.4 Å². The molecule has 1 aromatic heterocycles. The van der Waals surface area contributed by atoms with Crippen molar-refractivity contribution in [1.82, 2.24) is 15.2 Å². The lowest BCUT2D eigenvalue weighted by Gasteiger charge is -2.20. The molecule has 0 saturated heterocycles. The number of urea groups is 1. The Balaban J connectivity index is 1.78. The summed E-state index contributed by atoms with van der Waals surface area (Å²) in [7, 11) is 1.76. The number of carbonyl (C=O) groups excluding carboxylic acids is 1. The van der Waals surface area contributed by atoms with E-state index in [0.717, 1.165) is 22.0 Å². The standard InChI is InChI=1S/C17H23N3O2S/c1-12-7-5-6-8-15(12)22-14(3)9-18-17(21)20(4)10-16-19-13(2)11-23-16/h5-8,11,14H,9-10H2,1-4H3,(H,18,21). The normalized spacial score (nSPS) is 11.8. The van der Waals surface area contributed by atoms with E-state index in [2.05, 4.69) is 10.3 Å². The lowest BCUT2D eigenvalue weighted by molar-refractivity contribution is 0.188. The van der Waals surface area contributed by atoms with Crippen LogP contribution in [0.3, 0.4) is 0 Å². The number of thiazole rings is 1. The Kier molecular flexibility index (Phi) is 5.98. The first-order valence-corrected chi connectivity index (χ1v) is 8.46. The van der Waals surface area contributed by atoms with Gasteiger partial charge >= 0.3 is 6.03 Å². The number of benzene rings is 1. The van der Waals surface area contributed by atoms with E-state index < -0.39 is 0 Å². The van der Waals surface area contributed by atoms with Gasteiger partial charge in [0.15, 0.2) is 0 Å². The van der Waals surface area contributed by atoms with Crippen molar-refractivity contribution in [2.75, 3.05) is 13.6 Å². The zero-order chi connectivity index (χ0) is 16.8. The van der Waals surface area contributed by atoms with Crippen molar-refractivity contribution in [1.29, 1.82) is 0 Å². The molecule has 0 spiro atoms. The van der Waals surface area contributed by atoms with E-state index in [-0.39, 0.29) is 12.1 Å². The number of aryl methyl sites for hydroxylation is 2. The van der Waals surface area contributed by atoms with Crippen molar-refractivity contribution in [3.05, 3.63) is 45.9 Å². The number of carbonyl (C=O) groups is 1. The zero-order valence-electron chi connectivity index (χ0n) is 14.0. The monoisotopic (exact) mass is 333 g/mol. The van der Waals surface area contributed by atoms with Crippen molar-refractivity contribution < 1.29 is 9.53 Å². The van der Waals surface area contributed by atoms with Crippen LogP contribution in [0.15, 0.2) is 29.6 Å². The molecule has 0 bridgehead atoms. The molecule has 0 radical (unpaired) electrons. The number of nitrogens with one attached hydrogen (secondary N) is 1. The summed E-state index contributed by atoms with van der Waals surface area (Å²) in [6.45, 7) is 6.86. The number of ether oxygens (including phenoxy) is 1. The molecule has 1 aromatic carbocycles. The minimum absolute atomic E-state index is 0.101. The van der Waals surface area contributed by atoms with Gasteiger partial charge in [0.25, 0.3) is 0 Å². The highest BCUT2D eigenvalue weighted by atomic mass is 32.1. The Bertz CT molecular complexity index is 657. The summed E-state index contributed by atoms with van der Waals surface area (Å²) in [5.41, 5.74) is 2.07. The van der Waals surface area contributed by atoms with Crippen LogP contribution >= 0.6 is 11.3 Å². The molecule has 0 saturated carbocycles. The van der Waals surface area contributed by atoms with Gasteiger partial charge in [0.1, 0.15) is 16.9 Å². The van der Waals surface area contributed by atoms with Crippen LogP contribution in [0, 0.1) is 13.8 Å². The molecular formula is C17H23N3O2S. The molecule has 0 fully saturated rings. The first kappa shape index (κ1) is 17.3. The molecule has 1 unspecified atom stereocenters. The van der Waals surface area contributed by atoms with Crippen LogP contribution in [0.25, 0.3) is 0 Å². The molecule has 1 N–H and O–H groups in total. The van der Waals surface area contributed by atoms with Gasteiger partial charge in [0.05, 0.1) is 13.1 Å². The van der Waals surface area contributed by atoms with Crippen LogP contribution < -0.4 is 10.1 Å². The highest BCUT2D eigenvalue weighted by molar-refractivity contribution is 7.09. The lowest BCUT2D eigenvalue weighted by atomic mass is 10.2. The van der Waals surface area contributed by atoms with Crippen LogP contribution in [0.4, 0.5) is 4.79 Å². The predicted octanol–water partition coefficient (Wildman–Crippen LogP) is 3.37. The summed E-state index contributed by atoms with van der Waals surface area (Å²) in [5, 5.41) is 5.81. The van der Waals surface area contributed by atoms with Gasteiger partial charge in [-0.15, -0.1) is 11.3 Å². The quantitative estimate of drug-likeness (QED) is 0.882. The number of hydrogen-bond donors (Lipinski definition) is 1. The van der Waals surface area contributed by atoms with E-state index in [1.165, 1.54) is 0 Å². The minimum Gasteiger partial charge on any atom is -0.489 e. The highest BCUT2D eigenvalue weighted by Gasteiger charge is 2.13. The maximum atomic E-state index is 12.1. The van der Waals surface area contributed by atoms with Gasteiger partial charge in [-0.1, -0.05) is 18.2 Å². The SMILES string of the molecule is Cc1csc(CN(C)C(=O)NCC(C)Oc2ccccc2C)n1. The lowest BCUT2D eigenvalue weighted by Crippen LogP contribution is -2.41. The second-order valence-corrected chi connectivity index (χ2v) is 6.56. The molecule has 2 aromatic rings. The third-order valence-corrected chi connectivity index (χ3v) is 4.30. The number of amides is 2. The average molecular weight is 333 g/mol. The molecule has 23 heavy (non-hydrogen) atoms. The van der Waals surface area contributed by atoms with Crippen molar-refractivity contribution in [3.63, 3.8) is 0 Å². The van der Waals surface area contributed by atoms with Crippen LogP contribution in [-0.2, 0) is 6.54 Å². The maximum Gasteiger partial charge on any atom is 0.317 e. The Morgan fingerprint density at radius 2 is 2.13 bits per heavy atom. The van der Waals surface area contributed by atoms with E-state index in [1.807, 2.05) is 50.4 Å². The van der Waals surface area contributed by atoms with E-state index in [1.54, 1.807) is 23.3 Å². The fraction of sp³-hybridized carbons (Fsp3) is 0.412. The van der Waals surface area contributed by atoms with Gasteiger partial charge in [0, 0.05) is 18.1 Å². The number of rotatable bonds is 6. The fourth-order valence-corrected chi connectivity index (χ4v) is 2.89. The average Bonchev–Trinajstić information content (AvgIpc) is 2.92. The van der Waals surface area contributed by atoms with Crippen LogP contribution in [0.2, 0.25) is 0 Å². The minimum atomic E-state index is -0.127. The highest BCUT2D eigenvalue weighted by Crippen LogP contribution is 2.17. The summed E-state index contributed by atoms with van der Waals surface area (Å²) in [6, 6.07) is 7.73. The van der Waals surface area contributed by atoms with Gasteiger partial charge < -0.3 is 15.0 Å². The summed E-state index contributed by atoms with van der Waals surface area (Å²) in [6.07, 6.45) is -0.101. The van der Waals surface area contributed by atoms with Crippen LogP contribution in [0.5, 0.6) is 5.75 Å². The Hall–Kier alpha value is -2.08. The first-order valence-electron chi connectivity index (χ1n) is 7.58. The van der Waals surface area contributed by atoms with Crippen LogP contribution in [-0.4, -0.2) is 35.6 Å². The van der Waals surface area contributed by atoms with Gasteiger partial charge in [-0.25, -0.2) is 9.78 Å². The van der Waals surface area contributed by atoms with Gasteiger partial charge in [-0.05, 0) is 32.4 Å². The molecule has 0 aliphatic heterocycles. The zero-order valence-corrected chi connectivity index (χ0v) is 14.8. The number of nitrogens with zero attached hydrogens (tertiary/aromatic N) is 2. The molecule has 0 aliphatic carbocycles. The Labute approximate surface area is 141 Å². The molecular weight excluding hydrogens is 310 g/mol. The summed E-state index contributed by atoms with van der Waals surface area (Å²) in [4.78, 5) is 18.1. The second kappa shape index (κ2) is 7.97. The molecule has 2 rings (SSSR count). The number of para-hydroxylation sites is 1. The van der Waals surface area contributed by atoms with Gasteiger partial charge in [0.2, 0.25) is 0 Å². The number of aromatic nitrogens is 1. The first-order chi connectivity index (χ1) is 11.0. The Morgan fingerprint density at radius 1 is 1.39 bits per heavy atom. The van der Waals surface area contributed by atoms with Crippen LogP contribution in [0.1, 0.15) is 23.2 Å². The molecule has 0 aliphatic rings. The van der Waals surface area contributed by atoms with Crippen molar-refractivity contribution in [2.45, 2.75) is 33.4 Å². The molecule has 124 valence electrons. The fourth-order valence-electron chi connectivity index (χ4n) is 2.06. The number of hydrogen-bond acceptors (Lipinski definition) is 4. The van der Waals surface area contributed by atoms with Gasteiger partial charge in [-0.2, -0.15) is 0 Å². The van der Waals surface area contributed by atoms with E-state index in [4.69, 9.17) is 4.74 Å². The molecule has 6 heteroatoms. The smallest absolute Gasteiger partial charge is 0.317 e. The molecule has 2 amide bonds. The topological polar surface area (TPSA) is 54.5 Å². The van der Waals surface area contributed by atoms with Gasteiger partial charge in [-0.3, -0.25) is 0 Å². The maximum absolute atomic E-state index is 12.1. The molecule has 1 heterocycles. The third-order valence-electron chi connectivity index (χ3n) is 3.35. The van der Waals surface area contributed by atoms with E-state index in [9.17, 15) is 4.79 Å². The van der Waals surface area contributed by atoms with Crippen molar-refractivity contribution in [3.8, 4) is 5.75 Å². The van der Waals surface area contributed by atoms with Crippen molar-refractivity contribution in [2.24, 2.45) is 0 Å². The third kappa shape index (κ3) is 5.25. The van der Waals surface area contributed by atoms with E-state index >= 15 is 0 Å². The summed E-state index contributed by atoms with van der Waals surface area (Å²) in [5.74, 6) is 0.848. The summed E-state index contributed by atoms with van der Waals surface area (Å²) < 4.78 is 5.85. The molecule has 1 atom stereocenters.